The second-order valence-corrected chi connectivity index (χ2v) is 8.77. The van der Waals surface area contributed by atoms with Crippen LogP contribution in [0.5, 0.6) is 5.75 Å². The van der Waals surface area contributed by atoms with Crippen LogP contribution < -0.4 is 15.6 Å². The molecule has 0 radical (unpaired) electrons. The van der Waals surface area contributed by atoms with E-state index in [0.29, 0.717) is 34.6 Å². The van der Waals surface area contributed by atoms with E-state index in [2.05, 4.69) is 53.3 Å². The highest BCUT2D eigenvalue weighted by Crippen LogP contribution is 2.28. The first-order chi connectivity index (χ1) is 14.7. The van der Waals surface area contributed by atoms with Gasteiger partial charge in [-0.3, -0.25) is 4.79 Å². The smallest absolute Gasteiger partial charge is 0.275 e. The molecule has 7 nitrogen and oxygen atoms in total. The van der Waals surface area contributed by atoms with Crippen LogP contribution in [0.25, 0.3) is 17.2 Å². The summed E-state index contributed by atoms with van der Waals surface area (Å²) < 4.78 is 6.62. The second kappa shape index (κ2) is 8.07. The molecule has 2 aromatic heterocycles. The first kappa shape index (κ1) is 20.9. The molecule has 160 valence electrons. The molecular weight excluding hydrogens is 414 g/mol. The molecule has 0 spiro atoms. The van der Waals surface area contributed by atoms with Gasteiger partial charge in [0.2, 0.25) is 5.78 Å². The molecule has 8 heteroatoms. The van der Waals surface area contributed by atoms with Crippen molar-refractivity contribution >= 4 is 23.1 Å². The van der Waals surface area contributed by atoms with Crippen molar-refractivity contribution in [3.05, 3.63) is 75.2 Å². The lowest BCUT2D eigenvalue weighted by atomic mass is 9.87. The standard InChI is InChI=1S/C23H24ClN5O2/c1-23(2,3)15-7-5-14(6-8-15)21-27-22-26-17(12-20(30)29(22)28-21)13-25-18-11-16(24)9-10-19(18)31-4/h5-12,25H,13H2,1-4H3,(H,26,27,28). The number of halogens is 1. The average molecular weight is 438 g/mol. The zero-order valence-electron chi connectivity index (χ0n) is 17.9. The molecule has 0 aliphatic heterocycles. The number of methoxy groups -OCH3 is 1. The highest BCUT2D eigenvalue weighted by molar-refractivity contribution is 6.30. The summed E-state index contributed by atoms with van der Waals surface area (Å²) >= 11 is 6.08. The Kier molecular flexibility index (Phi) is 5.45. The van der Waals surface area contributed by atoms with Gasteiger partial charge in [0.25, 0.3) is 5.56 Å². The van der Waals surface area contributed by atoms with Gasteiger partial charge in [0, 0.05) is 22.3 Å². The molecule has 0 aliphatic rings. The highest BCUT2D eigenvalue weighted by Gasteiger charge is 2.15. The van der Waals surface area contributed by atoms with Crippen molar-refractivity contribution in [3.8, 4) is 17.1 Å². The van der Waals surface area contributed by atoms with Crippen LogP contribution in [-0.4, -0.2) is 26.7 Å². The van der Waals surface area contributed by atoms with Gasteiger partial charge in [-0.2, -0.15) is 9.50 Å². The number of benzene rings is 2. The number of hydrogen-bond donors (Lipinski definition) is 2. The number of nitrogens with one attached hydrogen (secondary N) is 2. The third kappa shape index (κ3) is 4.41. The van der Waals surface area contributed by atoms with Crippen molar-refractivity contribution in [2.24, 2.45) is 0 Å². The molecule has 2 N–H and O–H groups in total. The molecular formula is C23H24ClN5O2. The molecule has 2 heterocycles. The molecule has 31 heavy (non-hydrogen) atoms. The lowest BCUT2D eigenvalue weighted by Gasteiger charge is -2.18. The number of ether oxygens (including phenoxy) is 1. The molecule has 0 saturated heterocycles. The Hall–Kier alpha value is -3.32. The molecule has 0 bridgehead atoms. The quantitative estimate of drug-likeness (QED) is 0.474. The van der Waals surface area contributed by atoms with Crippen LogP contribution in [0.3, 0.4) is 0 Å². The zero-order chi connectivity index (χ0) is 22.2. The van der Waals surface area contributed by atoms with Crippen LogP contribution in [-0.2, 0) is 12.0 Å². The number of aromatic nitrogens is 4. The molecule has 0 atom stereocenters. The van der Waals surface area contributed by atoms with Gasteiger partial charge in [-0.05, 0) is 29.2 Å². The minimum absolute atomic E-state index is 0.0639. The minimum Gasteiger partial charge on any atom is -0.495 e. The lowest BCUT2D eigenvalue weighted by molar-refractivity contribution is 0.416. The molecule has 0 saturated carbocycles. The number of nitrogens with zero attached hydrogens (tertiary/aromatic N) is 3. The van der Waals surface area contributed by atoms with Gasteiger partial charge in [0.05, 0.1) is 19.3 Å². The number of anilines is 1. The van der Waals surface area contributed by atoms with Gasteiger partial charge in [-0.1, -0.05) is 56.6 Å². The molecule has 0 fully saturated rings. The van der Waals surface area contributed by atoms with Crippen molar-refractivity contribution < 1.29 is 4.74 Å². The van der Waals surface area contributed by atoms with Gasteiger partial charge in [-0.15, -0.1) is 5.10 Å². The fourth-order valence-corrected chi connectivity index (χ4v) is 3.45. The zero-order valence-corrected chi connectivity index (χ0v) is 18.6. The normalized spacial score (nSPS) is 11.6. The van der Waals surface area contributed by atoms with Crippen molar-refractivity contribution in [1.29, 1.82) is 0 Å². The average Bonchev–Trinajstić information content (AvgIpc) is 3.17. The molecule has 4 rings (SSSR count). The van der Waals surface area contributed by atoms with Crippen LogP contribution in [0.2, 0.25) is 5.02 Å². The van der Waals surface area contributed by atoms with Gasteiger partial charge in [0.15, 0.2) is 5.82 Å². The third-order valence-electron chi connectivity index (χ3n) is 5.03. The third-order valence-corrected chi connectivity index (χ3v) is 5.26. The largest absolute Gasteiger partial charge is 0.495 e. The summed E-state index contributed by atoms with van der Waals surface area (Å²) in [6, 6.07) is 14.9. The Morgan fingerprint density at radius 1 is 1.13 bits per heavy atom. The van der Waals surface area contributed by atoms with Crippen LogP contribution in [0.15, 0.2) is 53.3 Å². The van der Waals surface area contributed by atoms with Crippen molar-refractivity contribution in [2.45, 2.75) is 32.7 Å². The predicted molar refractivity (Wildman–Crippen MR) is 123 cm³/mol. The number of H-pyrrole nitrogens is 1. The summed E-state index contributed by atoms with van der Waals surface area (Å²) in [6.45, 7) is 6.86. The van der Waals surface area contributed by atoms with Crippen LogP contribution in [0, 0.1) is 0 Å². The first-order valence-electron chi connectivity index (χ1n) is 9.92. The maximum atomic E-state index is 12.6. The topological polar surface area (TPSA) is 84.3 Å². The fourth-order valence-electron chi connectivity index (χ4n) is 3.28. The van der Waals surface area contributed by atoms with Crippen molar-refractivity contribution in [3.63, 3.8) is 0 Å². The SMILES string of the molecule is COc1ccc(Cl)cc1NCc1cc(=O)n2nc(-c3ccc(C(C)(C)C)cc3)nc2[nH]1. The Bertz CT molecular complexity index is 1290. The summed E-state index contributed by atoms with van der Waals surface area (Å²) in [5.74, 6) is 1.55. The lowest BCUT2D eigenvalue weighted by Crippen LogP contribution is -2.17. The van der Waals surface area contributed by atoms with E-state index >= 15 is 0 Å². The van der Waals surface area contributed by atoms with E-state index in [1.165, 1.54) is 16.1 Å². The van der Waals surface area contributed by atoms with Gasteiger partial charge in [0.1, 0.15) is 5.75 Å². The van der Waals surface area contributed by atoms with E-state index in [9.17, 15) is 4.79 Å². The predicted octanol–water partition coefficient (Wildman–Crippen LogP) is 4.66. The summed E-state index contributed by atoms with van der Waals surface area (Å²) in [4.78, 5) is 20.3. The maximum Gasteiger partial charge on any atom is 0.275 e. The summed E-state index contributed by atoms with van der Waals surface area (Å²) in [5, 5.41) is 8.20. The van der Waals surface area contributed by atoms with E-state index < -0.39 is 0 Å². The van der Waals surface area contributed by atoms with E-state index in [-0.39, 0.29) is 11.0 Å². The van der Waals surface area contributed by atoms with Crippen LogP contribution >= 0.6 is 11.6 Å². The molecule has 2 aromatic carbocycles. The Balaban J connectivity index is 1.61. The summed E-state index contributed by atoms with van der Waals surface area (Å²) in [6.07, 6.45) is 0. The molecule has 4 aromatic rings. The molecule has 0 amide bonds. The minimum atomic E-state index is -0.256. The van der Waals surface area contributed by atoms with Crippen molar-refractivity contribution in [2.75, 3.05) is 12.4 Å². The Labute approximate surface area is 185 Å². The van der Waals surface area contributed by atoms with Gasteiger partial charge in [-0.25, -0.2) is 0 Å². The second-order valence-electron chi connectivity index (χ2n) is 8.33. The van der Waals surface area contributed by atoms with E-state index in [1.54, 1.807) is 25.3 Å². The van der Waals surface area contributed by atoms with Crippen molar-refractivity contribution in [1.82, 2.24) is 19.6 Å². The molecule has 0 aliphatic carbocycles. The maximum absolute atomic E-state index is 12.6. The number of aromatic amines is 1. The Morgan fingerprint density at radius 3 is 2.55 bits per heavy atom. The number of fused-ring (bicyclic) bond motifs is 1. The summed E-state index contributed by atoms with van der Waals surface area (Å²) in [5.41, 5.74) is 3.29. The van der Waals surface area contributed by atoms with Gasteiger partial charge >= 0.3 is 0 Å². The fraction of sp³-hybridized carbons (Fsp3) is 0.261. The summed E-state index contributed by atoms with van der Waals surface area (Å²) in [7, 11) is 1.59. The van der Waals surface area contributed by atoms with Gasteiger partial charge < -0.3 is 15.0 Å². The highest BCUT2D eigenvalue weighted by atomic mass is 35.5. The Morgan fingerprint density at radius 2 is 1.87 bits per heavy atom. The number of rotatable bonds is 5. The van der Waals surface area contributed by atoms with E-state index in [4.69, 9.17) is 16.3 Å². The first-order valence-corrected chi connectivity index (χ1v) is 10.3. The number of hydrogen-bond acceptors (Lipinski definition) is 5. The van der Waals surface area contributed by atoms with Crippen LogP contribution in [0.4, 0.5) is 5.69 Å². The van der Waals surface area contributed by atoms with Crippen LogP contribution in [0.1, 0.15) is 32.0 Å². The van der Waals surface area contributed by atoms with E-state index in [0.717, 1.165) is 11.3 Å². The monoisotopic (exact) mass is 437 g/mol. The molecule has 0 unspecified atom stereocenters. The van der Waals surface area contributed by atoms with E-state index in [1.807, 2.05) is 12.1 Å².